The van der Waals surface area contributed by atoms with Crippen LogP contribution in [0.25, 0.3) is 0 Å². The van der Waals surface area contributed by atoms with Gasteiger partial charge in [-0.1, -0.05) is 16.8 Å². The zero-order chi connectivity index (χ0) is 15.8. The predicted molar refractivity (Wildman–Crippen MR) is 77.6 cm³/mol. The van der Waals surface area contributed by atoms with Gasteiger partial charge in [-0.3, -0.25) is 0 Å². The number of rotatable bonds is 3. The first-order valence-corrected chi connectivity index (χ1v) is 8.36. The Kier molecular flexibility index (Phi) is 4.25. The third-order valence-electron chi connectivity index (χ3n) is 3.02. The Labute approximate surface area is 127 Å². The van der Waals surface area contributed by atoms with Crippen molar-refractivity contribution in [3.05, 3.63) is 28.3 Å². The average molecular weight is 332 g/mol. The molecule has 0 radical (unpaired) electrons. The molecule has 0 N–H and O–H groups in total. The van der Waals surface area contributed by atoms with Gasteiger partial charge in [0.2, 0.25) is 0 Å². The zero-order valence-corrected chi connectivity index (χ0v) is 13.3. The maximum atomic E-state index is 11.9. The van der Waals surface area contributed by atoms with E-state index >= 15 is 0 Å². The van der Waals surface area contributed by atoms with Crippen LogP contribution in [0.4, 0.5) is 0 Å². The second-order valence-electron chi connectivity index (χ2n) is 4.72. The van der Waals surface area contributed by atoms with E-state index in [0.717, 1.165) is 6.26 Å². The van der Waals surface area contributed by atoms with E-state index in [1.165, 1.54) is 19.2 Å². The first kappa shape index (κ1) is 15.8. The van der Waals surface area contributed by atoms with E-state index in [0.29, 0.717) is 12.1 Å². The summed E-state index contributed by atoms with van der Waals surface area (Å²) in [5.41, 5.74) is 0.689. The molecule has 1 aliphatic rings. The Bertz CT molecular complexity index is 726. The van der Waals surface area contributed by atoms with Crippen LogP contribution in [0.5, 0.6) is 0 Å². The largest absolute Gasteiger partial charge is 0.465 e. The summed E-state index contributed by atoms with van der Waals surface area (Å²) < 4.78 is 28.5. The number of carbonyl (C=O) groups excluding carboxylic acids is 1. The molecule has 1 heterocycles. The fraction of sp³-hybridized carbons (Fsp3) is 0.385. The minimum atomic E-state index is -3.53. The summed E-state index contributed by atoms with van der Waals surface area (Å²) in [6.45, 7) is 1.80. The van der Waals surface area contributed by atoms with Crippen LogP contribution in [0, 0.1) is 0 Å². The number of sulfone groups is 1. The third-order valence-corrected chi connectivity index (χ3v) is 4.55. The van der Waals surface area contributed by atoms with Crippen molar-refractivity contribution in [3.63, 3.8) is 0 Å². The molecule has 1 unspecified atom stereocenters. The molecule has 114 valence electrons. The van der Waals surface area contributed by atoms with Gasteiger partial charge in [0, 0.05) is 18.2 Å². The molecule has 0 aromatic heterocycles. The topological polar surface area (TPSA) is 82.0 Å². The van der Waals surface area contributed by atoms with Gasteiger partial charge in [-0.25, -0.2) is 13.2 Å². The summed E-state index contributed by atoms with van der Waals surface area (Å²) >= 11 is 6.22. The molecule has 0 bridgehead atoms. The SMILES string of the molecule is COC(=O)c1ccc(S(C)(=O)=O)c(C2=NOC(C)C2)c1Cl. The van der Waals surface area contributed by atoms with Gasteiger partial charge in [0.15, 0.2) is 9.84 Å². The zero-order valence-electron chi connectivity index (χ0n) is 11.7. The summed E-state index contributed by atoms with van der Waals surface area (Å²) in [6.07, 6.45) is 1.30. The highest BCUT2D eigenvalue weighted by Gasteiger charge is 2.29. The molecule has 0 saturated carbocycles. The van der Waals surface area contributed by atoms with Crippen molar-refractivity contribution < 1.29 is 22.8 Å². The maximum Gasteiger partial charge on any atom is 0.339 e. The number of benzene rings is 1. The molecular formula is C13H14ClNO5S. The van der Waals surface area contributed by atoms with Crippen LogP contribution in [-0.2, 0) is 19.4 Å². The molecule has 0 saturated heterocycles. The summed E-state index contributed by atoms with van der Waals surface area (Å²) in [5, 5.41) is 3.87. The van der Waals surface area contributed by atoms with Gasteiger partial charge in [-0.2, -0.15) is 0 Å². The van der Waals surface area contributed by atoms with Crippen molar-refractivity contribution in [2.75, 3.05) is 13.4 Å². The highest BCUT2D eigenvalue weighted by atomic mass is 35.5. The molecule has 2 rings (SSSR count). The summed E-state index contributed by atoms with van der Waals surface area (Å²) in [4.78, 5) is 16.8. The first-order chi connectivity index (χ1) is 9.75. The van der Waals surface area contributed by atoms with Crippen molar-refractivity contribution in [2.24, 2.45) is 5.16 Å². The highest BCUT2D eigenvalue weighted by Crippen LogP contribution is 2.32. The van der Waals surface area contributed by atoms with Crippen LogP contribution in [0.2, 0.25) is 5.02 Å². The van der Waals surface area contributed by atoms with Crippen LogP contribution in [0.1, 0.15) is 29.3 Å². The molecule has 1 atom stereocenters. The second kappa shape index (κ2) is 5.65. The van der Waals surface area contributed by atoms with Crippen LogP contribution in [-0.4, -0.2) is 39.6 Å². The normalized spacial score (nSPS) is 18.1. The van der Waals surface area contributed by atoms with E-state index < -0.39 is 15.8 Å². The van der Waals surface area contributed by atoms with Gasteiger partial charge in [0.25, 0.3) is 0 Å². The molecule has 1 aliphatic heterocycles. The van der Waals surface area contributed by atoms with Crippen molar-refractivity contribution >= 4 is 33.1 Å². The molecular weight excluding hydrogens is 318 g/mol. The van der Waals surface area contributed by atoms with E-state index in [-0.39, 0.29) is 27.1 Å². The Morgan fingerprint density at radius 3 is 2.62 bits per heavy atom. The predicted octanol–water partition coefficient (Wildman–Crippen LogP) is 2.04. The molecule has 21 heavy (non-hydrogen) atoms. The summed E-state index contributed by atoms with van der Waals surface area (Å²) in [7, 11) is -2.31. The molecule has 1 aromatic carbocycles. The molecule has 6 nitrogen and oxygen atoms in total. The Balaban J connectivity index is 2.71. The van der Waals surface area contributed by atoms with Crippen LogP contribution < -0.4 is 0 Å². The number of methoxy groups -OCH3 is 1. The molecule has 1 aromatic rings. The average Bonchev–Trinajstić information content (AvgIpc) is 2.82. The smallest absolute Gasteiger partial charge is 0.339 e. The lowest BCUT2D eigenvalue weighted by Crippen LogP contribution is -2.13. The molecule has 0 amide bonds. The van der Waals surface area contributed by atoms with Crippen molar-refractivity contribution in [1.82, 2.24) is 0 Å². The van der Waals surface area contributed by atoms with E-state index in [1.807, 2.05) is 0 Å². The van der Waals surface area contributed by atoms with Gasteiger partial charge < -0.3 is 9.57 Å². The quantitative estimate of drug-likeness (QED) is 0.792. The van der Waals surface area contributed by atoms with E-state index in [4.69, 9.17) is 16.4 Å². The lowest BCUT2D eigenvalue weighted by molar-refractivity contribution is 0.0600. The van der Waals surface area contributed by atoms with Gasteiger partial charge >= 0.3 is 5.97 Å². The van der Waals surface area contributed by atoms with E-state index in [9.17, 15) is 13.2 Å². The third kappa shape index (κ3) is 3.03. The van der Waals surface area contributed by atoms with Crippen LogP contribution in [0.3, 0.4) is 0 Å². The fourth-order valence-corrected chi connectivity index (χ4v) is 3.36. The van der Waals surface area contributed by atoms with Crippen molar-refractivity contribution in [3.8, 4) is 0 Å². The van der Waals surface area contributed by atoms with Crippen molar-refractivity contribution in [2.45, 2.75) is 24.3 Å². The highest BCUT2D eigenvalue weighted by molar-refractivity contribution is 7.90. The minimum Gasteiger partial charge on any atom is -0.465 e. The lowest BCUT2D eigenvalue weighted by Gasteiger charge is -2.12. The summed E-state index contributed by atoms with van der Waals surface area (Å²) in [5.74, 6) is -0.645. The van der Waals surface area contributed by atoms with Gasteiger partial charge in [-0.05, 0) is 19.1 Å². The van der Waals surface area contributed by atoms with E-state index in [2.05, 4.69) is 9.89 Å². The number of nitrogens with zero attached hydrogens (tertiary/aromatic N) is 1. The fourth-order valence-electron chi connectivity index (χ4n) is 2.05. The first-order valence-electron chi connectivity index (χ1n) is 6.09. The second-order valence-corrected chi connectivity index (χ2v) is 7.08. The molecule has 0 spiro atoms. The number of carbonyl (C=O) groups is 1. The number of esters is 1. The standard InChI is InChI=1S/C13H14ClNO5S/c1-7-6-9(15-20-7)11-10(21(3,17)18)5-4-8(12(11)14)13(16)19-2/h4-5,7H,6H2,1-3H3. The Hall–Kier alpha value is -1.60. The maximum absolute atomic E-state index is 11.9. The number of halogens is 1. The minimum absolute atomic E-state index is 0.00113. The van der Waals surface area contributed by atoms with E-state index in [1.54, 1.807) is 6.92 Å². The number of oxime groups is 1. The molecule has 0 aliphatic carbocycles. The Morgan fingerprint density at radius 1 is 1.48 bits per heavy atom. The van der Waals surface area contributed by atoms with Crippen LogP contribution in [0.15, 0.2) is 22.2 Å². The number of hydrogen-bond acceptors (Lipinski definition) is 6. The number of hydrogen-bond donors (Lipinski definition) is 0. The monoisotopic (exact) mass is 331 g/mol. The number of ether oxygens (including phenoxy) is 1. The van der Waals surface area contributed by atoms with Crippen LogP contribution >= 0.6 is 11.6 Å². The van der Waals surface area contributed by atoms with Gasteiger partial charge in [-0.15, -0.1) is 0 Å². The molecule has 0 fully saturated rings. The Morgan fingerprint density at radius 2 is 2.14 bits per heavy atom. The van der Waals surface area contributed by atoms with Gasteiger partial charge in [0.05, 0.1) is 28.3 Å². The lowest BCUT2D eigenvalue weighted by atomic mass is 10.0. The van der Waals surface area contributed by atoms with Gasteiger partial charge in [0.1, 0.15) is 6.10 Å². The van der Waals surface area contributed by atoms with Crippen molar-refractivity contribution in [1.29, 1.82) is 0 Å². The molecule has 8 heteroatoms. The summed E-state index contributed by atoms with van der Waals surface area (Å²) in [6, 6.07) is 2.65.